The number of carbonyl (C=O) groups is 1. The van der Waals surface area contributed by atoms with Gasteiger partial charge in [-0.05, 0) is 6.07 Å². The zero-order chi connectivity index (χ0) is 28.0. The molecule has 5 rings (SSSR count). The van der Waals surface area contributed by atoms with E-state index < -0.39 is 6.15 Å². The smallest absolute Gasteiger partial charge is 0.343 e. The predicted molar refractivity (Wildman–Crippen MR) is 167 cm³/mol. The summed E-state index contributed by atoms with van der Waals surface area (Å²) in [6, 6.07) is 46.8. The Balaban J connectivity index is 0.000000194. The van der Waals surface area contributed by atoms with Gasteiger partial charge in [0.15, 0.2) is 18.9 Å². The van der Waals surface area contributed by atoms with Gasteiger partial charge in [-0.2, -0.15) is 27.3 Å². The van der Waals surface area contributed by atoms with Crippen LogP contribution in [0.15, 0.2) is 146 Å². The lowest BCUT2D eigenvalue weighted by atomic mass is 9.14. The lowest BCUT2D eigenvalue weighted by molar-refractivity contribution is -0.688. The van der Waals surface area contributed by atoms with E-state index in [4.69, 9.17) is 0 Å². The van der Waals surface area contributed by atoms with Crippen LogP contribution < -0.4 is 21.0 Å². The molecule has 0 aliphatic heterocycles. The van der Waals surface area contributed by atoms with E-state index >= 15 is 0 Å². The van der Waals surface area contributed by atoms with Gasteiger partial charge in [0.25, 0.3) is 0 Å². The van der Waals surface area contributed by atoms with E-state index in [1.165, 1.54) is 48.2 Å². The number of unbranched alkanes of at least 4 members (excludes halogenated alkanes) is 1. The second-order valence-corrected chi connectivity index (χ2v) is 10.2. The molecule has 0 spiro atoms. The number of esters is 1. The Morgan fingerprint density at radius 2 is 1.15 bits per heavy atom. The average molecular weight is 528 g/mol. The molecule has 0 saturated carbocycles. The Morgan fingerprint density at radius 1 is 0.675 bits per heavy atom. The van der Waals surface area contributed by atoms with Gasteiger partial charge >= 0.3 is 5.97 Å². The van der Waals surface area contributed by atoms with Crippen LogP contribution in [0.5, 0.6) is 0 Å². The van der Waals surface area contributed by atoms with Crippen LogP contribution in [0.3, 0.4) is 0 Å². The van der Waals surface area contributed by atoms with Crippen molar-refractivity contribution in [3.8, 4) is 0 Å². The van der Waals surface area contributed by atoms with Gasteiger partial charge in [-0.3, -0.25) is 0 Å². The number of ether oxygens (including phenoxy) is 1. The number of nitrogens with zero attached hydrogens (tertiary/aromatic N) is 1. The van der Waals surface area contributed by atoms with Gasteiger partial charge in [-0.25, -0.2) is 4.79 Å². The zero-order valence-electron chi connectivity index (χ0n) is 23.5. The second-order valence-electron chi connectivity index (χ2n) is 10.2. The summed E-state index contributed by atoms with van der Waals surface area (Å²) in [6.07, 6.45) is 6.45. The first-order valence-electron chi connectivity index (χ1n) is 14.1. The largest absolute Gasteiger partial charge is 0.465 e. The van der Waals surface area contributed by atoms with Crippen molar-refractivity contribution in [3.63, 3.8) is 0 Å². The molecule has 4 heteroatoms. The SMILES string of the molecule is CCCC[B-](c1ccccc1)(c1ccccc1)c1ccccc1.COC(=O)c1ccc[n+](Cc2ccccc2)c1. The fourth-order valence-corrected chi connectivity index (χ4v) is 5.59. The molecule has 0 amide bonds. The predicted octanol–water partition coefficient (Wildman–Crippen LogP) is 5.77. The molecule has 1 heterocycles. The van der Waals surface area contributed by atoms with Gasteiger partial charge in [0.2, 0.25) is 0 Å². The molecule has 0 bridgehead atoms. The van der Waals surface area contributed by atoms with Crippen molar-refractivity contribution in [2.45, 2.75) is 32.6 Å². The molecule has 0 fully saturated rings. The number of pyridine rings is 1. The molecule has 0 saturated heterocycles. The van der Waals surface area contributed by atoms with Crippen LogP contribution in [0, 0.1) is 0 Å². The summed E-state index contributed by atoms with van der Waals surface area (Å²) >= 11 is 0. The number of hydrogen-bond donors (Lipinski definition) is 0. The van der Waals surface area contributed by atoms with E-state index in [0.29, 0.717) is 5.56 Å². The van der Waals surface area contributed by atoms with Gasteiger partial charge in [-0.15, -0.1) is 0 Å². The minimum atomic E-state index is -0.913. The Morgan fingerprint density at radius 3 is 1.60 bits per heavy atom. The highest BCUT2D eigenvalue weighted by atomic mass is 16.5. The Hall–Kier alpha value is -4.44. The molecule has 0 unspecified atom stereocenters. The molecule has 0 atom stereocenters. The summed E-state index contributed by atoms with van der Waals surface area (Å²) in [5.41, 5.74) is 6.08. The highest BCUT2D eigenvalue weighted by molar-refractivity contribution is 7.11. The summed E-state index contributed by atoms with van der Waals surface area (Å²) < 4.78 is 6.65. The average Bonchev–Trinajstić information content (AvgIpc) is 3.03. The van der Waals surface area contributed by atoms with Crippen LogP contribution in [-0.2, 0) is 11.3 Å². The van der Waals surface area contributed by atoms with Crippen molar-refractivity contribution in [1.82, 2.24) is 0 Å². The van der Waals surface area contributed by atoms with Crippen LogP contribution in [0.2, 0.25) is 6.32 Å². The summed E-state index contributed by atoms with van der Waals surface area (Å²) in [6.45, 7) is 3.02. The van der Waals surface area contributed by atoms with Crippen molar-refractivity contribution in [3.05, 3.63) is 157 Å². The first kappa shape index (κ1) is 28.6. The monoisotopic (exact) mass is 527 g/mol. The van der Waals surface area contributed by atoms with E-state index in [0.717, 1.165) is 6.54 Å². The minimum Gasteiger partial charge on any atom is -0.465 e. The maximum absolute atomic E-state index is 11.4. The number of hydrogen-bond acceptors (Lipinski definition) is 2. The standard InChI is InChI=1S/C22H24B.C14H14NO2/c1-2-3-19-23(20-13-7-4-8-14-20,21-15-9-5-10-16-21)22-17-11-6-12-18-22;1-17-14(16)13-8-5-9-15(11-13)10-12-6-3-2-4-7-12/h4-18H,2-3,19H2,1H3;2-9,11H,10H2,1H3/q-1;+1. The highest BCUT2D eigenvalue weighted by Crippen LogP contribution is 2.16. The van der Waals surface area contributed by atoms with E-state index in [-0.39, 0.29) is 5.97 Å². The second kappa shape index (κ2) is 14.6. The van der Waals surface area contributed by atoms with Crippen molar-refractivity contribution in [1.29, 1.82) is 0 Å². The lowest BCUT2D eigenvalue weighted by Gasteiger charge is -2.43. The fraction of sp³-hybridized carbons (Fsp3) is 0.167. The summed E-state index contributed by atoms with van der Waals surface area (Å²) in [5, 5.41) is 0. The Labute approximate surface area is 239 Å². The molecule has 4 aromatic carbocycles. The van der Waals surface area contributed by atoms with Crippen LogP contribution in [0.4, 0.5) is 0 Å². The normalized spacial score (nSPS) is 10.8. The number of methoxy groups -OCH3 is 1. The minimum absolute atomic E-state index is 0.313. The van der Waals surface area contributed by atoms with Crippen molar-refractivity contribution >= 4 is 28.5 Å². The van der Waals surface area contributed by atoms with Gasteiger partial charge in [0.05, 0.1) is 13.3 Å². The Kier molecular flexibility index (Phi) is 10.5. The van der Waals surface area contributed by atoms with E-state index in [1.807, 2.05) is 35.0 Å². The van der Waals surface area contributed by atoms with Crippen molar-refractivity contribution < 1.29 is 14.1 Å². The maximum Gasteiger partial charge on any atom is 0.343 e. The first-order chi connectivity index (χ1) is 19.7. The van der Waals surface area contributed by atoms with Crippen LogP contribution >= 0.6 is 0 Å². The molecule has 40 heavy (non-hydrogen) atoms. The van der Waals surface area contributed by atoms with Crippen LogP contribution in [-0.4, -0.2) is 19.2 Å². The molecular weight excluding hydrogens is 489 g/mol. The lowest BCUT2D eigenvalue weighted by Crippen LogP contribution is -2.66. The molecule has 5 aromatic rings. The zero-order valence-corrected chi connectivity index (χ0v) is 23.5. The summed E-state index contributed by atoms with van der Waals surface area (Å²) in [4.78, 5) is 11.4. The third kappa shape index (κ3) is 7.15. The van der Waals surface area contributed by atoms with E-state index in [1.54, 1.807) is 12.3 Å². The van der Waals surface area contributed by atoms with Gasteiger partial charge < -0.3 is 4.74 Å². The van der Waals surface area contributed by atoms with Crippen LogP contribution in [0.25, 0.3) is 0 Å². The molecule has 0 aliphatic carbocycles. The molecule has 1 aromatic heterocycles. The van der Waals surface area contributed by atoms with Crippen molar-refractivity contribution in [2.24, 2.45) is 0 Å². The molecule has 202 valence electrons. The quantitative estimate of drug-likeness (QED) is 0.139. The highest BCUT2D eigenvalue weighted by Gasteiger charge is 2.28. The molecule has 3 nitrogen and oxygen atoms in total. The third-order valence-electron chi connectivity index (χ3n) is 7.58. The number of aromatic nitrogens is 1. The topological polar surface area (TPSA) is 30.2 Å². The van der Waals surface area contributed by atoms with Gasteiger partial charge in [0, 0.05) is 11.6 Å². The van der Waals surface area contributed by atoms with Crippen LogP contribution in [0.1, 0.15) is 35.7 Å². The summed E-state index contributed by atoms with van der Waals surface area (Å²) in [7, 11) is 1.39. The summed E-state index contributed by atoms with van der Waals surface area (Å²) in [5.74, 6) is -0.313. The van der Waals surface area contributed by atoms with Gasteiger partial charge in [-0.1, -0.05) is 141 Å². The number of carbonyl (C=O) groups excluding carboxylic acids is 1. The Bertz CT molecular complexity index is 1350. The fourth-order valence-electron chi connectivity index (χ4n) is 5.59. The first-order valence-corrected chi connectivity index (χ1v) is 14.1. The number of benzene rings is 4. The van der Waals surface area contributed by atoms with E-state index in [2.05, 4.69) is 115 Å². The molecule has 0 radical (unpaired) electrons. The maximum atomic E-state index is 11.4. The molecular formula is C36H38BNO2. The van der Waals surface area contributed by atoms with E-state index in [9.17, 15) is 4.79 Å². The van der Waals surface area contributed by atoms with Gasteiger partial charge in [0.1, 0.15) is 5.56 Å². The molecule has 0 aliphatic rings. The van der Waals surface area contributed by atoms with Crippen molar-refractivity contribution in [2.75, 3.05) is 7.11 Å². The number of rotatable bonds is 9. The third-order valence-corrected chi connectivity index (χ3v) is 7.58. The molecule has 0 N–H and O–H groups in total.